The van der Waals surface area contributed by atoms with Gasteiger partial charge in [-0.1, -0.05) is 26.0 Å². The summed E-state index contributed by atoms with van der Waals surface area (Å²) < 4.78 is 11.7. The molecule has 0 saturated carbocycles. The second-order valence-electron chi connectivity index (χ2n) is 6.69. The molecule has 4 rings (SSSR count). The summed E-state index contributed by atoms with van der Waals surface area (Å²) in [5, 5.41) is 2.82. The molecule has 0 radical (unpaired) electrons. The lowest BCUT2D eigenvalue weighted by Gasteiger charge is -2.07. The SMILES string of the molecule is CC[C@@H](C)c1ccc2oc(-c3cccc(NC(=O)c4ccc(Br)o4)c3)nc2c1. The van der Waals surface area contributed by atoms with Crippen molar-refractivity contribution in [3.05, 3.63) is 70.6 Å². The lowest BCUT2D eigenvalue weighted by Crippen LogP contribution is -2.10. The Hall–Kier alpha value is -2.86. The first kappa shape index (κ1) is 18.5. The molecule has 5 nitrogen and oxygen atoms in total. The van der Waals surface area contributed by atoms with E-state index in [1.54, 1.807) is 12.1 Å². The third-order valence-corrected chi connectivity index (χ3v) is 5.18. The van der Waals surface area contributed by atoms with Crippen molar-refractivity contribution in [2.45, 2.75) is 26.2 Å². The number of benzene rings is 2. The number of nitrogens with one attached hydrogen (secondary N) is 1. The zero-order chi connectivity index (χ0) is 19.7. The molecule has 0 saturated heterocycles. The average molecular weight is 439 g/mol. The van der Waals surface area contributed by atoms with Crippen LogP contribution >= 0.6 is 15.9 Å². The van der Waals surface area contributed by atoms with Gasteiger partial charge in [0.1, 0.15) is 5.52 Å². The normalized spacial score (nSPS) is 12.2. The minimum atomic E-state index is -0.321. The minimum Gasteiger partial charge on any atom is -0.444 e. The fraction of sp³-hybridized carbons (Fsp3) is 0.182. The Kier molecular flexibility index (Phi) is 5.05. The molecule has 0 aliphatic carbocycles. The summed E-state index contributed by atoms with van der Waals surface area (Å²) in [4.78, 5) is 16.9. The van der Waals surface area contributed by atoms with E-state index in [0.29, 0.717) is 22.2 Å². The number of aromatic nitrogens is 1. The number of oxazole rings is 1. The van der Waals surface area contributed by atoms with Crippen molar-refractivity contribution in [1.82, 2.24) is 4.98 Å². The third kappa shape index (κ3) is 3.73. The number of halogens is 1. The molecule has 0 aliphatic heterocycles. The van der Waals surface area contributed by atoms with Crippen LogP contribution in [0.3, 0.4) is 0 Å². The summed E-state index contributed by atoms with van der Waals surface area (Å²) in [6.07, 6.45) is 1.07. The second kappa shape index (κ2) is 7.64. The highest BCUT2D eigenvalue weighted by atomic mass is 79.9. The largest absolute Gasteiger partial charge is 0.444 e. The Morgan fingerprint density at radius 2 is 2.00 bits per heavy atom. The summed E-state index contributed by atoms with van der Waals surface area (Å²) in [5.41, 5.74) is 4.26. The van der Waals surface area contributed by atoms with Crippen molar-refractivity contribution in [3.8, 4) is 11.5 Å². The van der Waals surface area contributed by atoms with E-state index in [1.165, 1.54) is 5.56 Å². The average Bonchev–Trinajstić information content (AvgIpc) is 3.33. The highest BCUT2D eigenvalue weighted by Crippen LogP contribution is 2.29. The first-order chi connectivity index (χ1) is 13.5. The first-order valence-corrected chi connectivity index (χ1v) is 9.90. The summed E-state index contributed by atoms with van der Waals surface area (Å²) in [7, 11) is 0. The highest BCUT2D eigenvalue weighted by Gasteiger charge is 2.14. The van der Waals surface area contributed by atoms with Crippen molar-refractivity contribution in [2.24, 2.45) is 0 Å². The molecule has 1 N–H and O–H groups in total. The zero-order valence-corrected chi connectivity index (χ0v) is 17.1. The topological polar surface area (TPSA) is 68.3 Å². The van der Waals surface area contributed by atoms with Crippen LogP contribution in [0.1, 0.15) is 42.3 Å². The molecule has 0 aliphatic rings. The first-order valence-electron chi connectivity index (χ1n) is 9.11. The number of rotatable bonds is 5. The predicted molar refractivity (Wildman–Crippen MR) is 113 cm³/mol. The second-order valence-corrected chi connectivity index (χ2v) is 7.48. The van der Waals surface area contributed by atoms with Crippen LogP contribution in [0.15, 0.2) is 68.1 Å². The van der Waals surface area contributed by atoms with Crippen LogP contribution in [0.5, 0.6) is 0 Å². The standard InChI is InChI=1S/C22H19BrN2O3/c1-3-13(2)14-7-8-18-17(12-14)25-22(28-18)15-5-4-6-16(11-15)24-21(26)19-9-10-20(23)27-19/h4-13H,3H2,1-2H3,(H,24,26)/t13-/m1/s1. The summed E-state index contributed by atoms with van der Waals surface area (Å²) >= 11 is 3.20. The maximum absolute atomic E-state index is 12.3. The molecule has 6 heteroatoms. The molecule has 1 atom stereocenters. The fourth-order valence-electron chi connectivity index (χ4n) is 2.97. The van der Waals surface area contributed by atoms with Gasteiger partial charge in [-0.3, -0.25) is 4.79 Å². The van der Waals surface area contributed by atoms with Crippen molar-refractivity contribution in [1.29, 1.82) is 0 Å². The Labute approximate surface area is 170 Å². The molecular weight excluding hydrogens is 420 g/mol. The monoisotopic (exact) mass is 438 g/mol. The lowest BCUT2D eigenvalue weighted by atomic mass is 9.98. The van der Waals surface area contributed by atoms with Gasteiger partial charge in [0.2, 0.25) is 5.89 Å². The Morgan fingerprint density at radius 1 is 1.14 bits per heavy atom. The molecule has 0 spiro atoms. The number of anilines is 1. The molecule has 0 unspecified atom stereocenters. The zero-order valence-electron chi connectivity index (χ0n) is 15.5. The van der Waals surface area contributed by atoms with Crippen LogP contribution in [0.25, 0.3) is 22.6 Å². The summed E-state index contributed by atoms with van der Waals surface area (Å²) in [5.74, 6) is 0.910. The van der Waals surface area contributed by atoms with Crippen LogP contribution in [-0.4, -0.2) is 10.9 Å². The Bertz CT molecular complexity index is 1150. The quantitative estimate of drug-likeness (QED) is 0.380. The van der Waals surface area contributed by atoms with Crippen molar-refractivity contribution in [3.63, 3.8) is 0 Å². The molecule has 28 heavy (non-hydrogen) atoms. The minimum absolute atomic E-state index is 0.233. The lowest BCUT2D eigenvalue weighted by molar-refractivity contribution is 0.0995. The van der Waals surface area contributed by atoms with Gasteiger partial charge in [0.15, 0.2) is 16.0 Å². The number of hydrogen-bond acceptors (Lipinski definition) is 4. The molecule has 1 amide bonds. The molecule has 2 aromatic carbocycles. The van der Waals surface area contributed by atoms with Gasteiger partial charge in [0.25, 0.3) is 5.91 Å². The Balaban J connectivity index is 1.61. The van der Waals surface area contributed by atoms with E-state index in [9.17, 15) is 4.79 Å². The molecule has 142 valence electrons. The molecule has 2 aromatic heterocycles. The van der Waals surface area contributed by atoms with E-state index in [1.807, 2.05) is 30.3 Å². The van der Waals surface area contributed by atoms with E-state index in [4.69, 9.17) is 8.83 Å². The third-order valence-electron chi connectivity index (χ3n) is 4.76. The summed E-state index contributed by atoms with van der Waals surface area (Å²) in [6.45, 7) is 4.37. The number of fused-ring (bicyclic) bond motifs is 1. The molecule has 0 fully saturated rings. The van der Waals surface area contributed by atoms with E-state index in [-0.39, 0.29) is 11.7 Å². The van der Waals surface area contributed by atoms with Crippen molar-refractivity contribution < 1.29 is 13.6 Å². The number of hydrogen-bond donors (Lipinski definition) is 1. The van der Waals surface area contributed by atoms with E-state index in [0.717, 1.165) is 23.1 Å². The van der Waals surface area contributed by atoms with Gasteiger partial charge in [0, 0.05) is 11.3 Å². The van der Waals surface area contributed by atoms with Gasteiger partial charge < -0.3 is 14.2 Å². The number of carbonyl (C=O) groups is 1. The Morgan fingerprint density at radius 3 is 2.75 bits per heavy atom. The van der Waals surface area contributed by atoms with Gasteiger partial charge >= 0.3 is 0 Å². The van der Waals surface area contributed by atoms with Crippen LogP contribution < -0.4 is 5.32 Å². The maximum Gasteiger partial charge on any atom is 0.291 e. The molecule has 4 aromatic rings. The number of furan rings is 1. The van der Waals surface area contributed by atoms with Gasteiger partial charge in [-0.25, -0.2) is 4.98 Å². The van der Waals surface area contributed by atoms with Crippen molar-refractivity contribution >= 4 is 38.6 Å². The van der Waals surface area contributed by atoms with E-state index in [2.05, 4.69) is 52.2 Å². The molecule has 0 bridgehead atoms. The van der Waals surface area contributed by atoms with Gasteiger partial charge in [0.05, 0.1) is 0 Å². The number of amides is 1. The molecular formula is C22H19BrN2O3. The van der Waals surface area contributed by atoms with Crippen LogP contribution in [-0.2, 0) is 0 Å². The van der Waals surface area contributed by atoms with Crippen molar-refractivity contribution in [2.75, 3.05) is 5.32 Å². The highest BCUT2D eigenvalue weighted by molar-refractivity contribution is 9.10. The fourth-order valence-corrected chi connectivity index (χ4v) is 3.28. The van der Waals surface area contributed by atoms with Gasteiger partial charge in [-0.05, 0) is 76.3 Å². The number of carbonyl (C=O) groups excluding carboxylic acids is 1. The number of nitrogens with zero attached hydrogens (tertiary/aromatic N) is 1. The van der Waals surface area contributed by atoms with E-state index >= 15 is 0 Å². The van der Waals surface area contributed by atoms with E-state index < -0.39 is 0 Å². The van der Waals surface area contributed by atoms with Crippen LogP contribution in [0.2, 0.25) is 0 Å². The van der Waals surface area contributed by atoms with Gasteiger partial charge in [-0.2, -0.15) is 0 Å². The van der Waals surface area contributed by atoms with Crippen LogP contribution in [0.4, 0.5) is 5.69 Å². The summed E-state index contributed by atoms with van der Waals surface area (Å²) in [6, 6.07) is 16.8. The van der Waals surface area contributed by atoms with Crippen LogP contribution in [0, 0.1) is 0 Å². The van der Waals surface area contributed by atoms with Gasteiger partial charge in [-0.15, -0.1) is 0 Å². The molecule has 2 heterocycles. The smallest absolute Gasteiger partial charge is 0.291 e. The predicted octanol–water partition coefficient (Wildman–Crippen LogP) is 6.62. The maximum atomic E-state index is 12.3.